The molecule has 0 saturated carbocycles. The van der Waals surface area contributed by atoms with Crippen LogP contribution in [0.4, 0.5) is 28.8 Å². The molecule has 3 aromatic rings. The summed E-state index contributed by atoms with van der Waals surface area (Å²) in [5.41, 5.74) is 2.24. The first kappa shape index (κ1) is 18.9. The molecule has 0 aliphatic carbocycles. The number of nitrogens with zero attached hydrogens (tertiary/aromatic N) is 3. The number of rotatable bonds is 7. The van der Waals surface area contributed by atoms with E-state index in [-0.39, 0.29) is 5.91 Å². The normalized spacial score (nSPS) is 10.1. The molecule has 0 bridgehead atoms. The van der Waals surface area contributed by atoms with Crippen LogP contribution in [0.25, 0.3) is 0 Å². The van der Waals surface area contributed by atoms with Crippen LogP contribution < -0.4 is 25.4 Å². The van der Waals surface area contributed by atoms with Gasteiger partial charge in [-0.05, 0) is 36.4 Å². The Bertz CT molecular complexity index is 962. The number of anilines is 5. The molecule has 0 aliphatic heterocycles. The molecule has 0 saturated heterocycles. The molecular formula is C19H20N6O3. The Morgan fingerprint density at radius 3 is 2.25 bits per heavy atom. The molecule has 0 unspecified atom stereocenters. The van der Waals surface area contributed by atoms with Gasteiger partial charge in [-0.3, -0.25) is 4.79 Å². The lowest BCUT2D eigenvalue weighted by Crippen LogP contribution is -2.06. The Morgan fingerprint density at radius 1 is 0.893 bits per heavy atom. The van der Waals surface area contributed by atoms with Crippen molar-refractivity contribution in [1.29, 1.82) is 0 Å². The number of methoxy groups -OCH3 is 2. The van der Waals surface area contributed by atoms with Crippen molar-refractivity contribution in [3.63, 3.8) is 0 Å². The Kier molecular flexibility index (Phi) is 5.85. The Balaban J connectivity index is 1.71. The van der Waals surface area contributed by atoms with E-state index in [1.807, 2.05) is 18.2 Å². The third kappa shape index (κ3) is 4.85. The monoisotopic (exact) mass is 380 g/mol. The number of nitrogens with one attached hydrogen (secondary N) is 3. The fourth-order valence-electron chi connectivity index (χ4n) is 2.45. The molecule has 3 rings (SSSR count). The van der Waals surface area contributed by atoms with Crippen molar-refractivity contribution in [3.8, 4) is 11.5 Å². The second-order valence-electron chi connectivity index (χ2n) is 5.74. The number of hydrogen-bond donors (Lipinski definition) is 3. The minimum Gasteiger partial charge on any atom is -0.493 e. The zero-order chi connectivity index (χ0) is 19.9. The van der Waals surface area contributed by atoms with E-state index in [0.717, 1.165) is 11.4 Å². The van der Waals surface area contributed by atoms with Crippen LogP contribution in [0.1, 0.15) is 6.92 Å². The summed E-state index contributed by atoms with van der Waals surface area (Å²) in [4.78, 5) is 15.5. The standard InChI is InChI=1S/C19H20N6O3/c1-12(26)21-13-4-6-14(7-5-13)23-19-24-18(11-20-25-19)22-15-8-9-16(27-2)17(10-15)28-3/h4-11H,1-3H3,(H,21,26)(H2,22,23,24,25). The van der Waals surface area contributed by atoms with Crippen LogP contribution in [-0.4, -0.2) is 35.3 Å². The highest BCUT2D eigenvalue weighted by Gasteiger charge is 2.07. The molecule has 144 valence electrons. The minimum absolute atomic E-state index is 0.123. The summed E-state index contributed by atoms with van der Waals surface area (Å²) in [6.45, 7) is 1.46. The highest BCUT2D eigenvalue weighted by atomic mass is 16.5. The van der Waals surface area contributed by atoms with Crippen LogP contribution in [-0.2, 0) is 4.79 Å². The Labute approximate surface area is 162 Å². The fourth-order valence-corrected chi connectivity index (χ4v) is 2.45. The molecule has 2 aromatic carbocycles. The summed E-state index contributed by atoms with van der Waals surface area (Å²) in [6, 6.07) is 12.6. The van der Waals surface area contributed by atoms with Crippen LogP contribution in [0.5, 0.6) is 11.5 Å². The average molecular weight is 380 g/mol. The molecule has 28 heavy (non-hydrogen) atoms. The average Bonchev–Trinajstić information content (AvgIpc) is 2.69. The van der Waals surface area contributed by atoms with Crippen molar-refractivity contribution >= 4 is 34.7 Å². The number of ether oxygens (including phenoxy) is 2. The molecule has 9 nitrogen and oxygen atoms in total. The van der Waals surface area contributed by atoms with Crippen molar-refractivity contribution in [2.45, 2.75) is 6.92 Å². The van der Waals surface area contributed by atoms with Crippen molar-refractivity contribution in [2.75, 3.05) is 30.2 Å². The summed E-state index contributed by atoms with van der Waals surface area (Å²) in [6.07, 6.45) is 1.52. The van der Waals surface area contributed by atoms with Gasteiger partial charge in [0.25, 0.3) is 0 Å². The van der Waals surface area contributed by atoms with E-state index in [9.17, 15) is 4.79 Å². The number of aromatic nitrogens is 3. The van der Waals surface area contributed by atoms with Crippen LogP contribution >= 0.6 is 0 Å². The first-order chi connectivity index (χ1) is 13.6. The fraction of sp³-hybridized carbons (Fsp3) is 0.158. The topological polar surface area (TPSA) is 110 Å². The van der Waals surface area contributed by atoms with Gasteiger partial charge in [-0.25, -0.2) is 0 Å². The Hall–Kier alpha value is -3.88. The van der Waals surface area contributed by atoms with Crippen LogP contribution in [0, 0.1) is 0 Å². The third-order valence-electron chi connectivity index (χ3n) is 3.68. The highest BCUT2D eigenvalue weighted by Crippen LogP contribution is 2.30. The first-order valence-electron chi connectivity index (χ1n) is 8.41. The van der Waals surface area contributed by atoms with E-state index in [4.69, 9.17) is 9.47 Å². The summed E-state index contributed by atoms with van der Waals surface area (Å²) in [5.74, 6) is 1.96. The van der Waals surface area contributed by atoms with Crippen molar-refractivity contribution in [1.82, 2.24) is 15.2 Å². The van der Waals surface area contributed by atoms with E-state index in [1.165, 1.54) is 13.1 Å². The third-order valence-corrected chi connectivity index (χ3v) is 3.68. The predicted molar refractivity (Wildman–Crippen MR) is 107 cm³/mol. The molecule has 1 amide bonds. The van der Waals surface area contributed by atoms with Gasteiger partial charge in [0.05, 0.1) is 20.4 Å². The molecule has 0 spiro atoms. The molecule has 1 aromatic heterocycles. The van der Waals surface area contributed by atoms with E-state index in [0.29, 0.717) is 29.0 Å². The Morgan fingerprint density at radius 2 is 1.57 bits per heavy atom. The summed E-state index contributed by atoms with van der Waals surface area (Å²) in [5, 5.41) is 16.9. The van der Waals surface area contributed by atoms with Crippen LogP contribution in [0.15, 0.2) is 48.7 Å². The summed E-state index contributed by atoms with van der Waals surface area (Å²) < 4.78 is 10.5. The van der Waals surface area contributed by atoms with E-state index in [2.05, 4.69) is 31.1 Å². The summed E-state index contributed by atoms with van der Waals surface area (Å²) >= 11 is 0. The SMILES string of the molecule is COc1ccc(Nc2cnnc(Nc3ccc(NC(C)=O)cc3)n2)cc1OC. The van der Waals surface area contributed by atoms with Gasteiger partial charge in [0.1, 0.15) is 0 Å². The highest BCUT2D eigenvalue weighted by molar-refractivity contribution is 5.88. The van der Waals surface area contributed by atoms with Gasteiger partial charge < -0.3 is 25.4 Å². The van der Waals surface area contributed by atoms with E-state index < -0.39 is 0 Å². The van der Waals surface area contributed by atoms with Gasteiger partial charge in [0.2, 0.25) is 11.9 Å². The van der Waals surface area contributed by atoms with Gasteiger partial charge in [-0.2, -0.15) is 10.1 Å². The molecular weight excluding hydrogens is 360 g/mol. The maximum Gasteiger partial charge on any atom is 0.249 e. The van der Waals surface area contributed by atoms with Crippen molar-refractivity contribution < 1.29 is 14.3 Å². The van der Waals surface area contributed by atoms with Crippen molar-refractivity contribution in [3.05, 3.63) is 48.7 Å². The molecule has 9 heteroatoms. The number of hydrogen-bond acceptors (Lipinski definition) is 8. The lowest BCUT2D eigenvalue weighted by molar-refractivity contribution is -0.114. The predicted octanol–water partition coefficient (Wildman–Crippen LogP) is 3.33. The largest absolute Gasteiger partial charge is 0.493 e. The van der Waals surface area contributed by atoms with Crippen LogP contribution in [0.2, 0.25) is 0 Å². The zero-order valence-electron chi connectivity index (χ0n) is 15.7. The second kappa shape index (κ2) is 8.67. The molecule has 0 radical (unpaired) electrons. The maximum atomic E-state index is 11.1. The molecule has 3 N–H and O–H groups in total. The van der Waals surface area contributed by atoms with Gasteiger partial charge in [0, 0.05) is 30.1 Å². The zero-order valence-corrected chi connectivity index (χ0v) is 15.7. The second-order valence-corrected chi connectivity index (χ2v) is 5.74. The van der Waals surface area contributed by atoms with E-state index in [1.54, 1.807) is 38.5 Å². The smallest absolute Gasteiger partial charge is 0.249 e. The van der Waals surface area contributed by atoms with Gasteiger partial charge >= 0.3 is 0 Å². The lowest BCUT2D eigenvalue weighted by Gasteiger charge is -2.11. The lowest BCUT2D eigenvalue weighted by atomic mass is 10.2. The van der Waals surface area contributed by atoms with E-state index >= 15 is 0 Å². The van der Waals surface area contributed by atoms with Crippen molar-refractivity contribution in [2.24, 2.45) is 0 Å². The molecule has 1 heterocycles. The number of carbonyl (C=O) groups is 1. The maximum absolute atomic E-state index is 11.1. The quantitative estimate of drug-likeness (QED) is 0.572. The number of benzene rings is 2. The van der Waals surface area contributed by atoms with Gasteiger partial charge in [-0.15, -0.1) is 5.10 Å². The molecule has 0 fully saturated rings. The molecule has 0 aliphatic rings. The number of carbonyl (C=O) groups excluding carboxylic acids is 1. The van der Waals surface area contributed by atoms with Gasteiger partial charge in [-0.1, -0.05) is 0 Å². The number of amides is 1. The van der Waals surface area contributed by atoms with Crippen LogP contribution in [0.3, 0.4) is 0 Å². The van der Waals surface area contributed by atoms with Gasteiger partial charge in [0.15, 0.2) is 17.3 Å². The first-order valence-corrected chi connectivity index (χ1v) is 8.41. The molecule has 0 atom stereocenters. The summed E-state index contributed by atoms with van der Waals surface area (Å²) in [7, 11) is 3.16. The minimum atomic E-state index is -0.123.